The molecule has 0 saturated carbocycles. The van der Waals surface area contributed by atoms with E-state index in [0.29, 0.717) is 18.4 Å². The molecule has 0 spiro atoms. The fraction of sp³-hybridized carbons (Fsp3) is 0.438. The minimum atomic E-state index is -0.374. The number of hydrogen-bond donors (Lipinski definition) is 1. The number of rotatable bonds is 5. The van der Waals surface area contributed by atoms with Crippen molar-refractivity contribution in [3.63, 3.8) is 0 Å². The predicted octanol–water partition coefficient (Wildman–Crippen LogP) is 2.74. The summed E-state index contributed by atoms with van der Waals surface area (Å²) in [5, 5.41) is 7.54. The van der Waals surface area contributed by atoms with Gasteiger partial charge in [0, 0.05) is 6.20 Å². The van der Waals surface area contributed by atoms with Gasteiger partial charge in [-0.3, -0.25) is 4.90 Å². The number of nitrogens with zero attached hydrogens (tertiary/aromatic N) is 6. The fourth-order valence-corrected chi connectivity index (χ4v) is 3.56. The summed E-state index contributed by atoms with van der Waals surface area (Å²) >= 11 is 1.48. The van der Waals surface area contributed by atoms with Crippen LogP contribution in [-0.4, -0.2) is 43.3 Å². The lowest BCUT2D eigenvalue weighted by molar-refractivity contribution is 0.177. The smallest absolute Gasteiger partial charge is 0.415 e. The van der Waals surface area contributed by atoms with Gasteiger partial charge in [0.1, 0.15) is 17.9 Å². The van der Waals surface area contributed by atoms with Crippen LogP contribution in [0.4, 0.5) is 16.6 Å². The van der Waals surface area contributed by atoms with Crippen LogP contribution in [0, 0.1) is 5.92 Å². The van der Waals surface area contributed by atoms with Crippen LogP contribution in [0.2, 0.25) is 0 Å². The zero-order valence-electron chi connectivity index (χ0n) is 14.7. The number of aromatic nitrogens is 5. The number of nitrogens with one attached hydrogen (secondary N) is 1. The molecule has 1 amide bonds. The maximum atomic E-state index is 12.1. The van der Waals surface area contributed by atoms with E-state index >= 15 is 0 Å². The number of amides is 1. The Kier molecular flexibility index (Phi) is 4.19. The predicted molar refractivity (Wildman–Crippen MR) is 97.4 cm³/mol. The van der Waals surface area contributed by atoms with E-state index in [1.54, 1.807) is 33.4 Å². The Morgan fingerprint density at radius 3 is 3.00 bits per heavy atom. The molecule has 0 unspecified atom stereocenters. The molecule has 1 N–H and O–H groups in total. The van der Waals surface area contributed by atoms with Crippen molar-refractivity contribution in [2.45, 2.75) is 32.9 Å². The van der Waals surface area contributed by atoms with Crippen molar-refractivity contribution in [2.24, 2.45) is 5.92 Å². The third-order valence-corrected chi connectivity index (χ3v) is 5.10. The third kappa shape index (κ3) is 2.85. The molecule has 1 aliphatic rings. The highest BCUT2D eigenvalue weighted by Gasteiger charge is 2.37. The number of carbonyl (C=O) groups excluding carboxylic acids is 1. The van der Waals surface area contributed by atoms with Crippen LogP contribution in [0.25, 0.3) is 4.96 Å². The van der Waals surface area contributed by atoms with Crippen LogP contribution in [0.3, 0.4) is 0 Å². The monoisotopic (exact) mass is 373 g/mol. The van der Waals surface area contributed by atoms with E-state index in [9.17, 15) is 4.79 Å². The van der Waals surface area contributed by atoms with Gasteiger partial charge in [-0.05, 0) is 18.9 Å². The van der Waals surface area contributed by atoms with Gasteiger partial charge in [-0.2, -0.15) is 10.1 Å². The summed E-state index contributed by atoms with van der Waals surface area (Å²) in [6, 6.07) is 1.58. The third-order valence-electron chi connectivity index (χ3n) is 4.41. The molecular weight excluding hydrogens is 354 g/mol. The summed E-state index contributed by atoms with van der Waals surface area (Å²) in [6.07, 6.45) is 3.05. The molecule has 0 aliphatic carbocycles. The van der Waals surface area contributed by atoms with Crippen molar-refractivity contribution < 1.29 is 9.53 Å². The van der Waals surface area contributed by atoms with Crippen molar-refractivity contribution in [3.05, 3.63) is 29.7 Å². The summed E-state index contributed by atoms with van der Waals surface area (Å²) in [5.41, 5.74) is 2.66. The molecule has 0 bridgehead atoms. The van der Waals surface area contributed by atoms with Gasteiger partial charge in [-0.1, -0.05) is 25.2 Å². The molecule has 3 aromatic rings. The molecule has 0 radical (unpaired) electrons. The lowest BCUT2D eigenvalue weighted by Crippen LogP contribution is -2.37. The Morgan fingerprint density at radius 2 is 2.19 bits per heavy atom. The number of hydrogen-bond acceptors (Lipinski definition) is 8. The van der Waals surface area contributed by atoms with Crippen LogP contribution < -0.4 is 10.2 Å². The Bertz CT molecular complexity index is 937. The van der Waals surface area contributed by atoms with E-state index in [-0.39, 0.29) is 24.1 Å². The highest BCUT2D eigenvalue weighted by molar-refractivity contribution is 7.14. The highest BCUT2D eigenvalue weighted by atomic mass is 32.1. The van der Waals surface area contributed by atoms with Gasteiger partial charge in [0.05, 0.1) is 24.0 Å². The van der Waals surface area contributed by atoms with Crippen molar-refractivity contribution in [2.75, 3.05) is 16.8 Å². The molecule has 2 atom stereocenters. The summed E-state index contributed by atoms with van der Waals surface area (Å²) in [7, 11) is 0. The van der Waals surface area contributed by atoms with Gasteiger partial charge >= 0.3 is 6.09 Å². The van der Waals surface area contributed by atoms with Crippen molar-refractivity contribution >= 4 is 34.2 Å². The van der Waals surface area contributed by atoms with Gasteiger partial charge in [0.2, 0.25) is 10.9 Å². The maximum Gasteiger partial charge on any atom is 0.415 e. The lowest BCUT2D eigenvalue weighted by atomic mass is 10.0. The molecule has 9 nitrogen and oxygen atoms in total. The van der Waals surface area contributed by atoms with E-state index in [0.717, 1.165) is 10.7 Å². The first-order valence-corrected chi connectivity index (χ1v) is 9.25. The number of anilines is 2. The van der Waals surface area contributed by atoms with Crippen molar-refractivity contribution in [3.8, 4) is 0 Å². The van der Waals surface area contributed by atoms with Gasteiger partial charge < -0.3 is 10.1 Å². The van der Waals surface area contributed by atoms with Crippen LogP contribution in [0.5, 0.6) is 0 Å². The molecule has 4 heterocycles. The Balaban J connectivity index is 1.58. The standard InChI is InChI=1S/C16H19N7O2S/c1-9(2)12-7-25-16(24)22(12)13-4-5-17-14(21-13)20-10(3)11-6-18-15-23(11)19-8-26-15/h4-6,8-10,12H,7H2,1-3H3,(H,17,20,21)/t10-,12+/m0/s1. The maximum absolute atomic E-state index is 12.1. The summed E-state index contributed by atoms with van der Waals surface area (Å²) < 4.78 is 6.99. The first-order chi connectivity index (χ1) is 12.5. The Labute approximate surface area is 154 Å². The van der Waals surface area contributed by atoms with Crippen LogP contribution >= 0.6 is 11.3 Å². The lowest BCUT2D eigenvalue weighted by Gasteiger charge is -2.23. The minimum absolute atomic E-state index is 0.0351. The van der Waals surface area contributed by atoms with E-state index in [4.69, 9.17) is 4.74 Å². The first-order valence-electron chi connectivity index (χ1n) is 8.37. The van der Waals surface area contributed by atoms with Crippen molar-refractivity contribution in [1.29, 1.82) is 0 Å². The summed E-state index contributed by atoms with van der Waals surface area (Å²) in [4.78, 5) is 27.7. The SMILES string of the molecule is CC(C)[C@H]1COC(=O)N1c1ccnc(N[C@@H](C)c2cnc3scnn23)n1. The van der Waals surface area contributed by atoms with E-state index in [1.807, 2.05) is 6.92 Å². The number of ether oxygens (including phenoxy) is 1. The van der Waals surface area contributed by atoms with E-state index < -0.39 is 0 Å². The molecule has 1 aliphatic heterocycles. The topological polar surface area (TPSA) is 97.5 Å². The number of carbonyl (C=O) groups is 1. The molecule has 4 rings (SSSR count). The molecule has 136 valence electrons. The highest BCUT2D eigenvalue weighted by Crippen LogP contribution is 2.26. The van der Waals surface area contributed by atoms with Crippen LogP contribution in [0.1, 0.15) is 32.5 Å². The average molecular weight is 373 g/mol. The molecule has 3 aromatic heterocycles. The molecular formula is C16H19N7O2S. The second-order valence-electron chi connectivity index (χ2n) is 6.48. The van der Waals surface area contributed by atoms with Gasteiger partial charge in [-0.15, -0.1) is 0 Å². The molecule has 0 aromatic carbocycles. The van der Waals surface area contributed by atoms with Crippen molar-refractivity contribution in [1.82, 2.24) is 24.6 Å². The van der Waals surface area contributed by atoms with E-state index in [1.165, 1.54) is 11.3 Å². The first kappa shape index (κ1) is 16.7. The second kappa shape index (κ2) is 6.52. The number of fused-ring (bicyclic) bond motifs is 1. The Hall–Kier alpha value is -2.75. The molecule has 1 fully saturated rings. The number of cyclic esters (lactones) is 1. The van der Waals surface area contributed by atoms with E-state index in [2.05, 4.69) is 39.2 Å². The van der Waals surface area contributed by atoms with Crippen LogP contribution in [0.15, 0.2) is 24.0 Å². The molecule has 10 heteroatoms. The average Bonchev–Trinajstić information content (AvgIpc) is 3.29. The second-order valence-corrected chi connectivity index (χ2v) is 7.29. The Morgan fingerprint density at radius 1 is 1.35 bits per heavy atom. The zero-order chi connectivity index (χ0) is 18.3. The summed E-state index contributed by atoms with van der Waals surface area (Å²) in [5.74, 6) is 1.22. The van der Waals surface area contributed by atoms with Crippen LogP contribution in [-0.2, 0) is 4.74 Å². The summed E-state index contributed by atoms with van der Waals surface area (Å²) in [6.45, 7) is 6.47. The molecule has 1 saturated heterocycles. The largest absolute Gasteiger partial charge is 0.447 e. The molecule has 26 heavy (non-hydrogen) atoms. The van der Waals surface area contributed by atoms with Gasteiger partial charge in [-0.25, -0.2) is 19.3 Å². The quantitative estimate of drug-likeness (QED) is 0.734. The zero-order valence-corrected chi connectivity index (χ0v) is 15.5. The minimum Gasteiger partial charge on any atom is -0.447 e. The normalized spacial score (nSPS) is 18.5. The van der Waals surface area contributed by atoms with Gasteiger partial charge in [0.15, 0.2) is 0 Å². The number of imidazole rings is 1. The fourth-order valence-electron chi connectivity index (χ4n) is 2.96. The van der Waals surface area contributed by atoms with Gasteiger partial charge in [0.25, 0.3) is 0 Å².